The summed E-state index contributed by atoms with van der Waals surface area (Å²) in [6, 6.07) is 12.2. The van der Waals surface area contributed by atoms with Gasteiger partial charge in [-0.1, -0.05) is 18.2 Å². The van der Waals surface area contributed by atoms with Crippen LogP contribution in [0.25, 0.3) is 6.08 Å². The van der Waals surface area contributed by atoms with Crippen molar-refractivity contribution in [3.8, 4) is 17.2 Å². The number of para-hydroxylation sites is 1. The van der Waals surface area contributed by atoms with Crippen LogP contribution in [0.3, 0.4) is 0 Å². The van der Waals surface area contributed by atoms with Crippen molar-refractivity contribution >= 4 is 34.7 Å². The second kappa shape index (κ2) is 7.53. The number of rotatable bonds is 5. The third-order valence-corrected chi connectivity index (χ3v) is 4.71. The highest BCUT2D eigenvalue weighted by atomic mass is 32.2. The van der Waals surface area contributed by atoms with Crippen LogP contribution in [0.4, 0.5) is 10.5 Å². The van der Waals surface area contributed by atoms with Crippen molar-refractivity contribution < 1.29 is 23.8 Å². The van der Waals surface area contributed by atoms with Gasteiger partial charge in [0, 0.05) is 12.1 Å². The maximum absolute atomic E-state index is 12.8. The fourth-order valence-electron chi connectivity index (χ4n) is 2.57. The highest BCUT2D eigenvalue weighted by Gasteiger charge is 2.36. The lowest BCUT2D eigenvalue weighted by molar-refractivity contribution is -0.113. The summed E-state index contributed by atoms with van der Waals surface area (Å²) >= 11 is 0.876. The number of anilines is 1. The van der Waals surface area contributed by atoms with E-state index in [0.717, 1.165) is 16.7 Å². The van der Waals surface area contributed by atoms with Gasteiger partial charge in [-0.15, -0.1) is 0 Å². The maximum Gasteiger partial charge on any atom is 0.298 e. The van der Waals surface area contributed by atoms with Crippen LogP contribution in [0.2, 0.25) is 0 Å². The molecule has 1 aliphatic rings. The van der Waals surface area contributed by atoms with Crippen molar-refractivity contribution in [2.45, 2.75) is 0 Å². The molecule has 7 heteroatoms. The number of thioether (sulfide) groups is 1. The number of hydrogen-bond acceptors (Lipinski definition) is 6. The molecular formula is C19H17NO5S. The molecule has 1 heterocycles. The minimum Gasteiger partial charge on any atom is -0.496 e. The van der Waals surface area contributed by atoms with Gasteiger partial charge in [0.15, 0.2) is 0 Å². The van der Waals surface area contributed by atoms with Gasteiger partial charge in [0.1, 0.15) is 17.2 Å². The van der Waals surface area contributed by atoms with Crippen molar-refractivity contribution in [1.29, 1.82) is 0 Å². The summed E-state index contributed by atoms with van der Waals surface area (Å²) in [4.78, 5) is 26.5. The Labute approximate surface area is 155 Å². The molecule has 3 rings (SSSR count). The fraction of sp³-hybridized carbons (Fsp3) is 0.158. The second-order valence-corrected chi connectivity index (χ2v) is 6.29. The van der Waals surface area contributed by atoms with Crippen LogP contribution < -0.4 is 19.1 Å². The predicted molar refractivity (Wildman–Crippen MR) is 101 cm³/mol. The van der Waals surface area contributed by atoms with Gasteiger partial charge < -0.3 is 14.2 Å². The molecule has 2 amide bonds. The molecular weight excluding hydrogens is 354 g/mol. The van der Waals surface area contributed by atoms with Crippen LogP contribution in [0, 0.1) is 0 Å². The number of benzene rings is 2. The van der Waals surface area contributed by atoms with Crippen LogP contribution in [-0.2, 0) is 4.79 Å². The van der Waals surface area contributed by atoms with Crippen LogP contribution in [0.15, 0.2) is 47.4 Å². The van der Waals surface area contributed by atoms with Gasteiger partial charge in [-0.2, -0.15) is 0 Å². The first-order chi connectivity index (χ1) is 12.6. The van der Waals surface area contributed by atoms with Crippen molar-refractivity contribution in [2.24, 2.45) is 0 Å². The summed E-state index contributed by atoms with van der Waals surface area (Å²) in [6.07, 6.45) is 1.60. The molecule has 0 unspecified atom stereocenters. The Bertz CT molecular complexity index is 854. The highest BCUT2D eigenvalue weighted by Crippen LogP contribution is 2.40. The molecule has 1 fully saturated rings. The van der Waals surface area contributed by atoms with Gasteiger partial charge in [0.25, 0.3) is 11.1 Å². The zero-order valence-electron chi connectivity index (χ0n) is 14.5. The van der Waals surface area contributed by atoms with Gasteiger partial charge in [-0.25, -0.2) is 4.90 Å². The van der Waals surface area contributed by atoms with E-state index in [4.69, 9.17) is 14.2 Å². The number of nitrogens with zero attached hydrogens (tertiary/aromatic N) is 1. The number of methoxy groups -OCH3 is 3. The van der Waals surface area contributed by atoms with Crippen LogP contribution in [0.1, 0.15) is 5.56 Å². The Morgan fingerprint density at radius 2 is 1.54 bits per heavy atom. The predicted octanol–water partition coefficient (Wildman–Crippen LogP) is 3.95. The van der Waals surface area contributed by atoms with E-state index >= 15 is 0 Å². The summed E-state index contributed by atoms with van der Waals surface area (Å²) in [6.45, 7) is 0. The molecule has 1 saturated heterocycles. The normalized spacial score (nSPS) is 15.5. The molecule has 0 N–H and O–H groups in total. The quantitative estimate of drug-likeness (QED) is 0.742. The van der Waals surface area contributed by atoms with E-state index in [2.05, 4.69) is 0 Å². The zero-order valence-corrected chi connectivity index (χ0v) is 15.3. The van der Waals surface area contributed by atoms with E-state index in [0.29, 0.717) is 33.4 Å². The number of amides is 2. The first-order valence-electron chi connectivity index (χ1n) is 7.72. The van der Waals surface area contributed by atoms with Crippen molar-refractivity contribution in [2.75, 3.05) is 26.2 Å². The van der Waals surface area contributed by atoms with Gasteiger partial charge >= 0.3 is 0 Å². The number of ether oxygens (including phenoxy) is 3. The summed E-state index contributed by atoms with van der Waals surface area (Å²) in [5.41, 5.74) is 1.10. The van der Waals surface area contributed by atoms with Gasteiger partial charge in [0.2, 0.25) is 0 Å². The smallest absolute Gasteiger partial charge is 0.298 e. The lowest BCUT2D eigenvalue weighted by Gasteiger charge is -2.13. The molecule has 0 spiro atoms. The number of carbonyl (C=O) groups is 2. The zero-order chi connectivity index (χ0) is 18.7. The van der Waals surface area contributed by atoms with Gasteiger partial charge in [-0.05, 0) is 30.0 Å². The molecule has 0 saturated carbocycles. The first kappa shape index (κ1) is 17.9. The van der Waals surface area contributed by atoms with Crippen LogP contribution in [-0.4, -0.2) is 32.5 Å². The number of hydrogen-bond donors (Lipinski definition) is 0. The van der Waals surface area contributed by atoms with Crippen molar-refractivity contribution in [3.05, 3.63) is 52.9 Å². The molecule has 0 radical (unpaired) electrons. The van der Waals surface area contributed by atoms with Gasteiger partial charge in [0.05, 0.1) is 37.5 Å². The first-order valence-corrected chi connectivity index (χ1v) is 8.53. The van der Waals surface area contributed by atoms with E-state index < -0.39 is 0 Å². The Kier molecular flexibility index (Phi) is 5.18. The van der Waals surface area contributed by atoms with E-state index in [1.54, 1.807) is 49.6 Å². The number of imide groups is 1. The third-order valence-electron chi connectivity index (χ3n) is 3.84. The third kappa shape index (κ3) is 3.25. The summed E-state index contributed by atoms with van der Waals surface area (Å²) < 4.78 is 16.0. The Morgan fingerprint density at radius 3 is 2.08 bits per heavy atom. The molecule has 2 aromatic carbocycles. The summed E-state index contributed by atoms with van der Waals surface area (Å²) in [5, 5.41) is -0.348. The molecule has 6 nitrogen and oxygen atoms in total. The topological polar surface area (TPSA) is 65.1 Å². The SMILES string of the molecule is COc1cc(OC)c(/C=C2/SC(=O)N(c3ccccc3)C2=O)c(OC)c1. The molecule has 1 aliphatic heterocycles. The van der Waals surface area contributed by atoms with Crippen LogP contribution in [0.5, 0.6) is 17.2 Å². The van der Waals surface area contributed by atoms with E-state index in [-0.39, 0.29) is 11.1 Å². The van der Waals surface area contributed by atoms with E-state index in [9.17, 15) is 9.59 Å². The average Bonchev–Trinajstić information content (AvgIpc) is 2.95. The van der Waals surface area contributed by atoms with E-state index in [1.165, 1.54) is 14.2 Å². The van der Waals surface area contributed by atoms with Crippen molar-refractivity contribution in [1.82, 2.24) is 0 Å². The molecule has 26 heavy (non-hydrogen) atoms. The Hall–Kier alpha value is -2.93. The minimum absolute atomic E-state index is 0.292. The fourth-order valence-corrected chi connectivity index (χ4v) is 3.40. The summed E-state index contributed by atoms with van der Waals surface area (Å²) in [5.74, 6) is 1.14. The van der Waals surface area contributed by atoms with Gasteiger partial charge in [-0.3, -0.25) is 9.59 Å². The number of carbonyl (C=O) groups excluding carboxylic acids is 2. The summed E-state index contributed by atoms with van der Waals surface area (Å²) in [7, 11) is 4.57. The standard InChI is InChI=1S/C19H17NO5S/c1-23-13-9-15(24-2)14(16(10-13)25-3)11-17-18(21)20(19(22)26-17)12-7-5-4-6-8-12/h4-11H,1-3H3/b17-11+. The monoisotopic (exact) mass is 371 g/mol. The minimum atomic E-state index is -0.383. The highest BCUT2D eigenvalue weighted by molar-refractivity contribution is 8.19. The lowest BCUT2D eigenvalue weighted by atomic mass is 10.1. The van der Waals surface area contributed by atoms with Crippen LogP contribution >= 0.6 is 11.8 Å². The molecule has 0 atom stereocenters. The molecule has 2 aromatic rings. The molecule has 0 aliphatic carbocycles. The van der Waals surface area contributed by atoms with Crippen molar-refractivity contribution in [3.63, 3.8) is 0 Å². The average molecular weight is 371 g/mol. The Morgan fingerprint density at radius 1 is 0.923 bits per heavy atom. The largest absolute Gasteiger partial charge is 0.496 e. The lowest BCUT2D eigenvalue weighted by Crippen LogP contribution is -2.27. The maximum atomic E-state index is 12.8. The second-order valence-electron chi connectivity index (χ2n) is 5.30. The molecule has 0 aromatic heterocycles. The molecule has 0 bridgehead atoms. The molecule has 134 valence electrons. The van der Waals surface area contributed by atoms with E-state index in [1.807, 2.05) is 6.07 Å². The Balaban J connectivity index is 2.03.